The number of nitrogens with one attached hydrogen (secondary N) is 2. The van der Waals surface area contributed by atoms with Gasteiger partial charge >= 0.3 is 5.97 Å². The third kappa shape index (κ3) is 4.77. The van der Waals surface area contributed by atoms with E-state index in [4.69, 9.17) is 5.11 Å². The molecule has 0 fully saturated rings. The zero-order chi connectivity index (χ0) is 16.3. The molecule has 0 heterocycles. The van der Waals surface area contributed by atoms with Crippen LogP contribution in [0, 0.1) is 6.92 Å². The standard InChI is InChI=1S/C11H16N2O6S2/c1-8-3-4-9(7-10(8)11(14)15)21(18,19)13-5-6-20(16,17)12-2/h3-4,7,12-13H,5-6H2,1-2H3,(H,14,15). The summed E-state index contributed by atoms with van der Waals surface area (Å²) in [5.74, 6) is -1.65. The summed E-state index contributed by atoms with van der Waals surface area (Å²) in [6.07, 6.45) is 0. The number of carboxylic acids is 1. The highest BCUT2D eigenvalue weighted by Crippen LogP contribution is 2.15. The Labute approximate surface area is 123 Å². The second-order valence-electron chi connectivity index (χ2n) is 4.20. The van der Waals surface area contributed by atoms with E-state index in [-0.39, 0.29) is 17.0 Å². The van der Waals surface area contributed by atoms with Gasteiger partial charge in [-0.05, 0) is 31.7 Å². The van der Waals surface area contributed by atoms with Crippen molar-refractivity contribution in [3.05, 3.63) is 29.3 Å². The summed E-state index contributed by atoms with van der Waals surface area (Å²) in [7, 11) is -6.27. The Balaban J connectivity index is 2.94. The van der Waals surface area contributed by atoms with Crippen LogP contribution in [0.5, 0.6) is 0 Å². The first-order valence-corrected chi connectivity index (χ1v) is 8.97. The number of aromatic carboxylic acids is 1. The molecule has 21 heavy (non-hydrogen) atoms. The molecule has 0 saturated carbocycles. The van der Waals surface area contributed by atoms with Crippen LogP contribution in [0.2, 0.25) is 0 Å². The lowest BCUT2D eigenvalue weighted by molar-refractivity contribution is 0.0696. The molecule has 0 spiro atoms. The molecule has 0 radical (unpaired) electrons. The first-order chi connectivity index (χ1) is 9.59. The Morgan fingerprint density at radius 2 is 1.86 bits per heavy atom. The Kier molecular flexibility index (Phi) is 5.45. The molecule has 8 nitrogen and oxygen atoms in total. The second-order valence-corrected chi connectivity index (χ2v) is 8.02. The van der Waals surface area contributed by atoms with Crippen LogP contribution in [0.3, 0.4) is 0 Å². The van der Waals surface area contributed by atoms with Gasteiger partial charge in [0.15, 0.2) is 0 Å². The van der Waals surface area contributed by atoms with Crippen molar-refractivity contribution in [1.29, 1.82) is 0 Å². The van der Waals surface area contributed by atoms with E-state index in [1.165, 1.54) is 19.2 Å². The molecule has 0 unspecified atom stereocenters. The predicted molar refractivity (Wildman–Crippen MR) is 76.2 cm³/mol. The van der Waals surface area contributed by atoms with E-state index in [2.05, 4.69) is 9.44 Å². The van der Waals surface area contributed by atoms with Gasteiger partial charge in [0.2, 0.25) is 20.0 Å². The molecule has 0 aliphatic carbocycles. The fourth-order valence-corrected chi connectivity index (χ4v) is 3.26. The van der Waals surface area contributed by atoms with Crippen molar-refractivity contribution >= 4 is 26.0 Å². The third-order valence-corrected chi connectivity index (χ3v) is 5.55. The minimum atomic E-state index is -3.97. The molecule has 0 aliphatic rings. The molecule has 10 heteroatoms. The van der Waals surface area contributed by atoms with Gasteiger partial charge in [-0.1, -0.05) is 6.07 Å². The number of hydrogen-bond donors (Lipinski definition) is 3. The van der Waals surface area contributed by atoms with E-state index >= 15 is 0 Å². The van der Waals surface area contributed by atoms with Crippen LogP contribution in [0.1, 0.15) is 15.9 Å². The van der Waals surface area contributed by atoms with Gasteiger partial charge in [0.05, 0.1) is 16.2 Å². The van der Waals surface area contributed by atoms with Crippen molar-refractivity contribution in [1.82, 2.24) is 9.44 Å². The lowest BCUT2D eigenvalue weighted by atomic mass is 10.1. The van der Waals surface area contributed by atoms with Crippen molar-refractivity contribution in [2.45, 2.75) is 11.8 Å². The third-order valence-electron chi connectivity index (χ3n) is 2.72. The van der Waals surface area contributed by atoms with Crippen LogP contribution in [0.15, 0.2) is 23.1 Å². The quantitative estimate of drug-likeness (QED) is 0.617. The molecule has 1 aromatic rings. The largest absolute Gasteiger partial charge is 0.478 e. The zero-order valence-corrected chi connectivity index (χ0v) is 13.1. The molecular weight excluding hydrogens is 320 g/mol. The average molecular weight is 336 g/mol. The molecule has 0 aliphatic heterocycles. The molecule has 0 saturated heterocycles. The monoisotopic (exact) mass is 336 g/mol. The highest BCUT2D eigenvalue weighted by Gasteiger charge is 2.18. The van der Waals surface area contributed by atoms with Gasteiger partial charge in [0.25, 0.3) is 0 Å². The van der Waals surface area contributed by atoms with Gasteiger partial charge in [-0.3, -0.25) is 0 Å². The molecule has 0 atom stereocenters. The summed E-state index contributed by atoms with van der Waals surface area (Å²) in [5, 5.41) is 8.97. The van der Waals surface area contributed by atoms with E-state index in [1.54, 1.807) is 6.92 Å². The van der Waals surface area contributed by atoms with Gasteiger partial charge in [0.1, 0.15) is 0 Å². The Bertz CT molecular complexity index is 740. The van der Waals surface area contributed by atoms with Crippen LogP contribution in [-0.2, 0) is 20.0 Å². The highest BCUT2D eigenvalue weighted by atomic mass is 32.2. The lowest BCUT2D eigenvalue weighted by Gasteiger charge is -2.09. The van der Waals surface area contributed by atoms with Crippen molar-refractivity contribution in [3.63, 3.8) is 0 Å². The van der Waals surface area contributed by atoms with Crippen molar-refractivity contribution in [3.8, 4) is 0 Å². The molecule has 0 aromatic heterocycles. The molecule has 118 valence electrons. The van der Waals surface area contributed by atoms with Crippen molar-refractivity contribution in [2.75, 3.05) is 19.3 Å². The van der Waals surface area contributed by atoms with Crippen LogP contribution < -0.4 is 9.44 Å². The Hall–Kier alpha value is -1.49. The maximum absolute atomic E-state index is 12.0. The van der Waals surface area contributed by atoms with Gasteiger partial charge < -0.3 is 5.11 Å². The summed E-state index contributed by atoms with van der Waals surface area (Å²) >= 11 is 0. The van der Waals surface area contributed by atoms with Crippen LogP contribution in [-0.4, -0.2) is 47.3 Å². The Morgan fingerprint density at radius 1 is 1.24 bits per heavy atom. The Morgan fingerprint density at radius 3 is 2.38 bits per heavy atom. The normalized spacial score (nSPS) is 12.3. The molecule has 1 rings (SSSR count). The van der Waals surface area contributed by atoms with Gasteiger partial charge in [-0.15, -0.1) is 0 Å². The maximum atomic E-state index is 12.0. The van der Waals surface area contributed by atoms with Gasteiger partial charge in [0, 0.05) is 6.54 Å². The maximum Gasteiger partial charge on any atom is 0.335 e. The fourth-order valence-electron chi connectivity index (χ4n) is 1.49. The summed E-state index contributed by atoms with van der Waals surface area (Å²) in [5.41, 5.74) is 0.305. The predicted octanol–water partition coefficient (Wildman–Crippen LogP) is -0.479. The molecule has 3 N–H and O–H groups in total. The van der Waals surface area contributed by atoms with E-state index in [0.717, 1.165) is 6.07 Å². The van der Waals surface area contributed by atoms with Crippen LogP contribution in [0.4, 0.5) is 0 Å². The van der Waals surface area contributed by atoms with Crippen LogP contribution >= 0.6 is 0 Å². The number of carbonyl (C=O) groups is 1. The smallest absolute Gasteiger partial charge is 0.335 e. The number of rotatable bonds is 7. The minimum Gasteiger partial charge on any atom is -0.478 e. The summed E-state index contributed by atoms with van der Waals surface area (Å²) in [6.45, 7) is 1.23. The van der Waals surface area contributed by atoms with Gasteiger partial charge in [-0.25, -0.2) is 31.1 Å². The topological polar surface area (TPSA) is 130 Å². The molecule has 0 bridgehead atoms. The first kappa shape index (κ1) is 17.6. The molecule has 1 aromatic carbocycles. The summed E-state index contributed by atoms with van der Waals surface area (Å²) in [4.78, 5) is 10.8. The summed E-state index contributed by atoms with van der Waals surface area (Å²) in [6, 6.07) is 3.67. The number of benzene rings is 1. The second kappa shape index (κ2) is 6.52. The van der Waals surface area contributed by atoms with Crippen LogP contribution in [0.25, 0.3) is 0 Å². The van der Waals surface area contributed by atoms with E-state index in [0.29, 0.717) is 5.56 Å². The highest BCUT2D eigenvalue weighted by molar-refractivity contribution is 7.90. The number of aryl methyl sites for hydroxylation is 1. The number of hydrogen-bond acceptors (Lipinski definition) is 5. The van der Waals surface area contributed by atoms with E-state index in [9.17, 15) is 21.6 Å². The van der Waals surface area contributed by atoms with Gasteiger partial charge in [-0.2, -0.15) is 0 Å². The average Bonchev–Trinajstić information content (AvgIpc) is 2.38. The SMILES string of the molecule is CNS(=O)(=O)CCNS(=O)(=O)c1ccc(C)c(C(=O)O)c1. The summed E-state index contributed by atoms with van der Waals surface area (Å²) < 4.78 is 50.5. The van der Waals surface area contributed by atoms with Crippen molar-refractivity contribution in [2.24, 2.45) is 0 Å². The first-order valence-electron chi connectivity index (χ1n) is 5.84. The molecular formula is C11H16N2O6S2. The number of sulfonamides is 2. The van der Waals surface area contributed by atoms with E-state index in [1.807, 2.05) is 0 Å². The van der Waals surface area contributed by atoms with Crippen molar-refractivity contribution < 1.29 is 26.7 Å². The minimum absolute atomic E-state index is 0.124. The fraction of sp³-hybridized carbons (Fsp3) is 0.364. The number of carboxylic acid groups (broad SMARTS) is 1. The zero-order valence-electron chi connectivity index (χ0n) is 11.5. The lowest BCUT2D eigenvalue weighted by Crippen LogP contribution is -2.33. The molecule has 0 amide bonds. The van der Waals surface area contributed by atoms with E-state index < -0.39 is 31.8 Å².